The van der Waals surface area contributed by atoms with E-state index in [0.717, 1.165) is 6.26 Å². The monoisotopic (exact) mass is 443 g/mol. The Labute approximate surface area is 166 Å². The first kappa shape index (κ1) is 22.2. The number of benzene rings is 2. The highest BCUT2D eigenvalue weighted by atomic mass is 32.2. The Balaban J connectivity index is 2.73. The smallest absolute Gasteiger partial charge is 0.277 e. The topological polar surface area (TPSA) is 167 Å². The zero-order valence-corrected chi connectivity index (χ0v) is 17.2. The fourth-order valence-corrected chi connectivity index (χ4v) is 5.12. The molecule has 0 spiro atoms. The summed E-state index contributed by atoms with van der Waals surface area (Å²) in [6.45, 7) is 2.85. The van der Waals surface area contributed by atoms with Gasteiger partial charge in [0.15, 0.2) is 0 Å². The highest BCUT2D eigenvalue weighted by Crippen LogP contribution is 2.38. The molecule has 2 aromatic rings. The van der Waals surface area contributed by atoms with Gasteiger partial charge in [0.1, 0.15) is 5.69 Å². The van der Waals surface area contributed by atoms with Gasteiger partial charge in [-0.1, -0.05) is 6.07 Å². The van der Waals surface area contributed by atoms with E-state index in [2.05, 4.69) is 4.72 Å². The fourth-order valence-electron chi connectivity index (χ4n) is 3.05. The van der Waals surface area contributed by atoms with Crippen molar-refractivity contribution in [2.45, 2.75) is 18.7 Å². The van der Waals surface area contributed by atoms with Gasteiger partial charge < -0.3 is 0 Å². The number of nitro groups is 2. The maximum atomic E-state index is 12.3. The first-order valence-electron chi connectivity index (χ1n) is 7.94. The third kappa shape index (κ3) is 5.06. The Morgan fingerprint density at radius 3 is 2.00 bits per heavy atom. The summed E-state index contributed by atoms with van der Waals surface area (Å²) in [5.74, 6) is -1.28. The average molecular weight is 443 g/mol. The summed E-state index contributed by atoms with van der Waals surface area (Å²) >= 11 is 0. The van der Waals surface area contributed by atoms with Crippen LogP contribution in [0.3, 0.4) is 0 Å². The molecule has 1 N–H and O–H groups in total. The van der Waals surface area contributed by atoms with E-state index < -0.39 is 41.3 Å². The molecule has 29 heavy (non-hydrogen) atoms. The van der Waals surface area contributed by atoms with Crippen LogP contribution in [0.2, 0.25) is 0 Å². The minimum Gasteiger partial charge on any atom is -0.277 e. The van der Waals surface area contributed by atoms with Crippen LogP contribution in [0.5, 0.6) is 0 Å². The molecule has 13 heteroatoms. The molecule has 0 aliphatic rings. The minimum atomic E-state index is -4.20. The number of para-hydroxylation sites is 1. The SMILES string of the molecule is Cc1cc(-c2cccc(NS(C)(=O)=O)c2[N+](=O)[O-])cc(C)c1S(=O)(=O)C[N+](=O)[O-]. The predicted octanol–water partition coefficient (Wildman–Crippen LogP) is 2.26. The zero-order chi connectivity index (χ0) is 22.1. The number of hydrogen-bond donors (Lipinski definition) is 1. The van der Waals surface area contributed by atoms with Crippen LogP contribution in [0.15, 0.2) is 35.2 Å². The van der Waals surface area contributed by atoms with Crippen LogP contribution in [-0.4, -0.2) is 38.8 Å². The van der Waals surface area contributed by atoms with Gasteiger partial charge in [-0.05, 0) is 54.8 Å². The van der Waals surface area contributed by atoms with E-state index in [1.54, 1.807) is 0 Å². The highest BCUT2D eigenvalue weighted by Gasteiger charge is 2.28. The molecular formula is C16H17N3O8S2. The number of hydrogen-bond acceptors (Lipinski definition) is 8. The normalized spacial score (nSPS) is 11.8. The van der Waals surface area contributed by atoms with Crippen LogP contribution in [0.1, 0.15) is 11.1 Å². The third-order valence-electron chi connectivity index (χ3n) is 3.87. The van der Waals surface area contributed by atoms with Crippen molar-refractivity contribution in [2.75, 3.05) is 16.9 Å². The first-order valence-corrected chi connectivity index (χ1v) is 11.5. The van der Waals surface area contributed by atoms with Gasteiger partial charge in [0.2, 0.25) is 19.9 Å². The van der Waals surface area contributed by atoms with E-state index in [4.69, 9.17) is 0 Å². The molecule has 2 aromatic carbocycles. The number of aryl methyl sites for hydroxylation is 2. The van der Waals surface area contributed by atoms with E-state index in [0.29, 0.717) is 0 Å². The van der Waals surface area contributed by atoms with E-state index in [9.17, 15) is 37.1 Å². The van der Waals surface area contributed by atoms with Gasteiger partial charge in [0, 0.05) is 4.92 Å². The van der Waals surface area contributed by atoms with Gasteiger partial charge in [0.25, 0.3) is 0 Å². The number of sulfone groups is 1. The Hall–Kier alpha value is -3.06. The lowest BCUT2D eigenvalue weighted by atomic mass is 9.98. The van der Waals surface area contributed by atoms with Crippen molar-refractivity contribution < 1.29 is 26.7 Å². The van der Waals surface area contributed by atoms with Gasteiger partial charge >= 0.3 is 11.6 Å². The van der Waals surface area contributed by atoms with Gasteiger partial charge in [-0.2, -0.15) is 0 Å². The second-order valence-corrected chi connectivity index (χ2v) is 9.99. The Bertz CT molecular complexity index is 1200. The zero-order valence-electron chi connectivity index (χ0n) is 15.6. The molecule has 0 bridgehead atoms. The number of nitro benzene ring substituents is 1. The molecule has 0 saturated heterocycles. The molecule has 0 saturated carbocycles. The molecule has 2 rings (SSSR count). The molecule has 156 valence electrons. The Kier molecular flexibility index (Phi) is 5.94. The maximum Gasteiger partial charge on any atom is 0.305 e. The summed E-state index contributed by atoms with van der Waals surface area (Å²) in [6, 6.07) is 6.75. The lowest BCUT2D eigenvalue weighted by molar-refractivity contribution is -0.458. The molecule has 0 fully saturated rings. The van der Waals surface area contributed by atoms with Crippen LogP contribution >= 0.6 is 0 Å². The Morgan fingerprint density at radius 1 is 1.00 bits per heavy atom. The second-order valence-electron chi connectivity index (χ2n) is 6.35. The van der Waals surface area contributed by atoms with Crippen LogP contribution in [0.25, 0.3) is 11.1 Å². The van der Waals surface area contributed by atoms with Crippen molar-refractivity contribution in [1.82, 2.24) is 0 Å². The van der Waals surface area contributed by atoms with E-state index in [-0.39, 0.29) is 32.8 Å². The van der Waals surface area contributed by atoms with Crippen molar-refractivity contribution in [3.8, 4) is 11.1 Å². The van der Waals surface area contributed by atoms with Gasteiger partial charge in [-0.15, -0.1) is 0 Å². The summed E-state index contributed by atoms with van der Waals surface area (Å²) in [7, 11) is -7.99. The van der Waals surface area contributed by atoms with Crippen molar-refractivity contribution in [2.24, 2.45) is 0 Å². The summed E-state index contributed by atoms with van der Waals surface area (Å²) < 4.78 is 49.7. The standard InChI is InChI=1S/C16H17N3O8S2/c1-10-7-12(8-11(2)16(10)29(26,27)9-18(20)21)13-5-4-6-14(15(13)19(22)23)17-28(3,24)25/h4-8,17H,9H2,1-3H3. The third-order valence-corrected chi connectivity index (χ3v) is 6.28. The van der Waals surface area contributed by atoms with Gasteiger partial charge in [0.05, 0.1) is 21.6 Å². The molecule has 0 aliphatic heterocycles. The van der Waals surface area contributed by atoms with Crippen molar-refractivity contribution in [3.63, 3.8) is 0 Å². The van der Waals surface area contributed by atoms with E-state index in [1.165, 1.54) is 44.2 Å². The summed E-state index contributed by atoms with van der Waals surface area (Å²) in [5.41, 5.74) is -0.0554. The summed E-state index contributed by atoms with van der Waals surface area (Å²) in [5, 5.41) is 22.3. The largest absolute Gasteiger partial charge is 0.305 e. The molecule has 0 aromatic heterocycles. The molecule has 0 amide bonds. The van der Waals surface area contributed by atoms with Gasteiger partial charge in [-0.3, -0.25) is 25.0 Å². The van der Waals surface area contributed by atoms with Crippen LogP contribution in [0, 0.1) is 34.1 Å². The number of sulfonamides is 1. The molecule has 11 nitrogen and oxygen atoms in total. The molecule has 0 heterocycles. The van der Waals surface area contributed by atoms with Crippen LogP contribution < -0.4 is 4.72 Å². The van der Waals surface area contributed by atoms with Gasteiger partial charge in [-0.25, -0.2) is 16.8 Å². The van der Waals surface area contributed by atoms with E-state index >= 15 is 0 Å². The van der Waals surface area contributed by atoms with Crippen molar-refractivity contribution in [3.05, 3.63) is 61.7 Å². The molecule has 0 radical (unpaired) electrons. The predicted molar refractivity (Wildman–Crippen MR) is 106 cm³/mol. The fraction of sp³-hybridized carbons (Fsp3) is 0.250. The number of rotatable bonds is 7. The minimum absolute atomic E-state index is 0.0630. The van der Waals surface area contributed by atoms with Crippen LogP contribution in [0.4, 0.5) is 11.4 Å². The Morgan fingerprint density at radius 2 is 1.55 bits per heavy atom. The summed E-state index contributed by atoms with van der Waals surface area (Å²) in [6.07, 6.45) is 0.854. The lowest BCUT2D eigenvalue weighted by Gasteiger charge is -2.13. The van der Waals surface area contributed by atoms with E-state index in [1.807, 2.05) is 0 Å². The number of nitrogens with one attached hydrogen (secondary N) is 1. The quantitative estimate of drug-likeness (QED) is 0.502. The second kappa shape index (κ2) is 7.75. The van der Waals surface area contributed by atoms with Crippen molar-refractivity contribution in [1.29, 1.82) is 0 Å². The molecule has 0 atom stereocenters. The number of nitrogens with zero attached hydrogens (tertiary/aromatic N) is 2. The first-order chi connectivity index (χ1) is 13.2. The van der Waals surface area contributed by atoms with Crippen LogP contribution in [-0.2, 0) is 19.9 Å². The lowest BCUT2D eigenvalue weighted by Crippen LogP contribution is -2.17. The highest BCUT2D eigenvalue weighted by molar-refractivity contribution is 7.92. The molecule has 0 unspecified atom stereocenters. The number of anilines is 1. The average Bonchev–Trinajstić information content (AvgIpc) is 2.50. The molecular weight excluding hydrogens is 426 g/mol. The maximum absolute atomic E-state index is 12.3. The van der Waals surface area contributed by atoms with Crippen molar-refractivity contribution >= 4 is 31.2 Å². The molecule has 0 aliphatic carbocycles. The summed E-state index contributed by atoms with van der Waals surface area (Å²) in [4.78, 5) is 20.4.